The van der Waals surface area contributed by atoms with Crippen LogP contribution < -0.4 is 5.32 Å². The van der Waals surface area contributed by atoms with E-state index in [4.69, 9.17) is 4.74 Å². The molecule has 1 aliphatic carbocycles. The monoisotopic (exact) mass is 328 g/mol. The van der Waals surface area contributed by atoms with Gasteiger partial charge in [-0.1, -0.05) is 12.1 Å². The van der Waals surface area contributed by atoms with Crippen molar-refractivity contribution in [3.63, 3.8) is 0 Å². The number of carbonyl (C=O) groups excluding carboxylic acids is 1. The van der Waals surface area contributed by atoms with Gasteiger partial charge in [-0.3, -0.25) is 9.48 Å². The lowest BCUT2D eigenvalue weighted by Gasteiger charge is -2.08. The van der Waals surface area contributed by atoms with Gasteiger partial charge in [0.2, 0.25) is 0 Å². The number of rotatable bonds is 5. The number of carbonyl (C=O) groups is 1. The first kappa shape index (κ1) is 15.2. The first-order valence-corrected chi connectivity index (χ1v) is 8.25. The van der Waals surface area contributed by atoms with Gasteiger partial charge >= 0.3 is 0 Å². The van der Waals surface area contributed by atoms with Crippen LogP contribution >= 0.6 is 0 Å². The van der Waals surface area contributed by atoms with Gasteiger partial charge in [0.15, 0.2) is 5.69 Å². The fourth-order valence-electron chi connectivity index (χ4n) is 2.79. The lowest BCUT2D eigenvalue weighted by molar-refractivity contribution is 0.102. The highest BCUT2D eigenvalue weighted by molar-refractivity contribution is 6.02. The van der Waals surface area contributed by atoms with Crippen LogP contribution in [-0.2, 0) is 16.7 Å². The third-order valence-corrected chi connectivity index (χ3v) is 4.68. The number of aromatic nitrogens is 5. The number of hydrogen-bond acceptors (Lipinski definition) is 6. The van der Waals surface area contributed by atoms with Crippen LogP contribution in [0.1, 0.15) is 42.5 Å². The molecule has 1 amide bonds. The van der Waals surface area contributed by atoms with E-state index in [0.717, 1.165) is 44.8 Å². The van der Waals surface area contributed by atoms with E-state index in [0.29, 0.717) is 11.7 Å². The highest BCUT2D eigenvalue weighted by Gasteiger charge is 2.42. The van der Waals surface area contributed by atoms with E-state index in [-0.39, 0.29) is 17.0 Å². The molecule has 1 N–H and O–H groups in total. The smallest absolute Gasteiger partial charge is 0.278 e. The van der Waals surface area contributed by atoms with Crippen molar-refractivity contribution in [3.8, 4) is 0 Å². The largest absolute Gasteiger partial charge is 0.381 e. The second-order valence-corrected chi connectivity index (χ2v) is 6.84. The van der Waals surface area contributed by atoms with Crippen LogP contribution in [0.15, 0.2) is 18.5 Å². The van der Waals surface area contributed by atoms with E-state index < -0.39 is 0 Å². The summed E-state index contributed by atoms with van der Waals surface area (Å²) in [5.41, 5.74) is 0.347. The third kappa shape index (κ3) is 3.14. The summed E-state index contributed by atoms with van der Waals surface area (Å²) in [6.45, 7) is 4.38. The van der Waals surface area contributed by atoms with Crippen molar-refractivity contribution in [2.45, 2.75) is 38.1 Å². The zero-order valence-electron chi connectivity index (χ0n) is 13.6. The predicted molar refractivity (Wildman–Crippen MR) is 85.5 cm³/mol. The molecule has 1 atom stereocenters. The predicted octanol–water partition coefficient (Wildman–Crippen LogP) is 1.41. The fraction of sp³-hybridized carbons (Fsp3) is 0.562. The Hall–Kier alpha value is -2.35. The van der Waals surface area contributed by atoms with Crippen LogP contribution in [0.25, 0.3) is 0 Å². The van der Waals surface area contributed by atoms with E-state index in [2.05, 4.69) is 32.5 Å². The second kappa shape index (κ2) is 5.94. The van der Waals surface area contributed by atoms with Crippen molar-refractivity contribution in [1.82, 2.24) is 25.0 Å². The molecule has 1 saturated heterocycles. The van der Waals surface area contributed by atoms with E-state index in [1.165, 1.54) is 0 Å². The van der Waals surface area contributed by atoms with Crippen LogP contribution in [0.2, 0.25) is 0 Å². The molecule has 1 saturated carbocycles. The minimum atomic E-state index is -0.311. The van der Waals surface area contributed by atoms with Crippen LogP contribution in [-0.4, -0.2) is 44.1 Å². The van der Waals surface area contributed by atoms with Crippen molar-refractivity contribution in [3.05, 3.63) is 30.0 Å². The highest BCUT2D eigenvalue weighted by atomic mass is 16.5. The van der Waals surface area contributed by atoms with Crippen molar-refractivity contribution >= 4 is 11.7 Å². The molecule has 4 rings (SSSR count). The maximum atomic E-state index is 12.3. The number of ether oxygens (including phenoxy) is 1. The first-order valence-electron chi connectivity index (χ1n) is 8.25. The maximum Gasteiger partial charge on any atom is 0.278 e. The van der Waals surface area contributed by atoms with Gasteiger partial charge in [0.1, 0.15) is 11.6 Å². The Kier molecular flexibility index (Phi) is 3.76. The van der Waals surface area contributed by atoms with Crippen molar-refractivity contribution in [2.24, 2.45) is 5.92 Å². The minimum absolute atomic E-state index is 0.0627. The normalized spacial score (nSPS) is 21.6. The third-order valence-electron chi connectivity index (χ3n) is 4.68. The Morgan fingerprint density at radius 2 is 2.38 bits per heavy atom. The summed E-state index contributed by atoms with van der Waals surface area (Å²) >= 11 is 0. The average molecular weight is 328 g/mol. The van der Waals surface area contributed by atoms with E-state index in [1.807, 2.05) is 0 Å². The summed E-state index contributed by atoms with van der Waals surface area (Å²) in [4.78, 5) is 21.1. The molecule has 1 aliphatic heterocycles. The SMILES string of the molecule is CC1(c2nccc(NC(=O)c3cn(CC4CCOC4)nn3)n2)CC1. The molecule has 2 aliphatic rings. The van der Waals surface area contributed by atoms with Gasteiger partial charge in [0.25, 0.3) is 5.91 Å². The highest BCUT2D eigenvalue weighted by Crippen LogP contribution is 2.45. The summed E-state index contributed by atoms with van der Waals surface area (Å²) in [5.74, 6) is 1.41. The molecule has 1 unspecified atom stereocenters. The Bertz CT molecular complexity index is 749. The van der Waals surface area contributed by atoms with Gasteiger partial charge in [-0.2, -0.15) is 0 Å². The molecule has 2 fully saturated rings. The summed E-state index contributed by atoms with van der Waals surface area (Å²) in [7, 11) is 0. The Balaban J connectivity index is 1.42. The molecular weight excluding hydrogens is 308 g/mol. The topological polar surface area (TPSA) is 94.8 Å². The fourth-order valence-corrected chi connectivity index (χ4v) is 2.79. The van der Waals surface area contributed by atoms with Crippen LogP contribution in [0.4, 0.5) is 5.82 Å². The molecule has 8 nitrogen and oxygen atoms in total. The van der Waals surface area contributed by atoms with E-state index in [1.54, 1.807) is 23.1 Å². The molecule has 2 aromatic rings. The minimum Gasteiger partial charge on any atom is -0.381 e. The number of nitrogens with zero attached hydrogens (tertiary/aromatic N) is 5. The number of anilines is 1. The molecule has 126 valence electrons. The summed E-state index contributed by atoms with van der Waals surface area (Å²) in [5, 5.41) is 10.8. The summed E-state index contributed by atoms with van der Waals surface area (Å²) in [6, 6.07) is 1.69. The molecule has 8 heteroatoms. The maximum absolute atomic E-state index is 12.3. The lowest BCUT2D eigenvalue weighted by Crippen LogP contribution is -2.16. The first-order chi connectivity index (χ1) is 11.6. The zero-order chi connectivity index (χ0) is 16.6. The van der Waals surface area contributed by atoms with Crippen LogP contribution in [0.5, 0.6) is 0 Å². The molecule has 0 spiro atoms. The van der Waals surface area contributed by atoms with Crippen molar-refractivity contribution in [1.29, 1.82) is 0 Å². The average Bonchev–Trinajstić information content (AvgIpc) is 3.00. The Morgan fingerprint density at radius 1 is 1.50 bits per heavy atom. The molecule has 24 heavy (non-hydrogen) atoms. The van der Waals surface area contributed by atoms with Gasteiger partial charge in [0, 0.05) is 30.7 Å². The van der Waals surface area contributed by atoms with Crippen LogP contribution in [0, 0.1) is 5.92 Å². The number of nitrogens with one attached hydrogen (secondary N) is 1. The van der Waals surface area contributed by atoms with Crippen LogP contribution in [0.3, 0.4) is 0 Å². The zero-order valence-corrected chi connectivity index (χ0v) is 13.6. The molecule has 3 heterocycles. The summed E-state index contributed by atoms with van der Waals surface area (Å²) in [6.07, 6.45) is 6.54. The van der Waals surface area contributed by atoms with Gasteiger partial charge in [0.05, 0.1) is 12.8 Å². The second-order valence-electron chi connectivity index (χ2n) is 6.84. The van der Waals surface area contributed by atoms with Gasteiger partial charge in [-0.25, -0.2) is 9.97 Å². The standard InChI is InChI=1S/C16H20N6O2/c1-16(4-5-16)15-17-6-2-13(19-15)18-14(23)12-9-22(21-20-12)8-11-3-7-24-10-11/h2,6,9,11H,3-5,7-8,10H2,1H3,(H,17,18,19,23). The Morgan fingerprint density at radius 3 is 3.12 bits per heavy atom. The van der Waals surface area contributed by atoms with E-state index in [9.17, 15) is 4.79 Å². The molecule has 0 aromatic carbocycles. The summed E-state index contributed by atoms with van der Waals surface area (Å²) < 4.78 is 7.05. The van der Waals surface area contributed by atoms with Gasteiger partial charge in [-0.15, -0.1) is 5.10 Å². The number of hydrogen-bond donors (Lipinski definition) is 1. The molecular formula is C16H20N6O2. The van der Waals surface area contributed by atoms with Gasteiger partial charge < -0.3 is 10.1 Å². The van der Waals surface area contributed by atoms with Crippen molar-refractivity contribution < 1.29 is 9.53 Å². The van der Waals surface area contributed by atoms with Gasteiger partial charge in [-0.05, 0) is 25.3 Å². The van der Waals surface area contributed by atoms with Crippen molar-refractivity contribution in [2.75, 3.05) is 18.5 Å². The Labute approximate surface area is 139 Å². The molecule has 0 bridgehead atoms. The molecule has 0 radical (unpaired) electrons. The number of amides is 1. The molecule has 2 aromatic heterocycles. The quantitative estimate of drug-likeness (QED) is 0.891. The van der Waals surface area contributed by atoms with E-state index >= 15 is 0 Å². The lowest BCUT2D eigenvalue weighted by atomic mass is 10.1.